The van der Waals surface area contributed by atoms with Crippen LogP contribution in [0.15, 0.2) is 47.8 Å². The van der Waals surface area contributed by atoms with Crippen molar-refractivity contribution >= 4 is 11.8 Å². The van der Waals surface area contributed by atoms with E-state index in [1.54, 1.807) is 24.3 Å². The van der Waals surface area contributed by atoms with Crippen molar-refractivity contribution in [2.45, 2.75) is 19.9 Å². The van der Waals surface area contributed by atoms with Crippen molar-refractivity contribution < 1.29 is 14.0 Å². The molecular weight excluding hydrogens is 285 g/mol. The Morgan fingerprint density at radius 3 is 2.59 bits per heavy atom. The van der Waals surface area contributed by atoms with Crippen molar-refractivity contribution in [1.82, 2.24) is 16.0 Å². The Morgan fingerprint density at radius 2 is 1.95 bits per heavy atom. The second kappa shape index (κ2) is 6.89. The summed E-state index contributed by atoms with van der Waals surface area (Å²) in [6.45, 7) is 3.68. The molecule has 0 aliphatic carbocycles. The van der Waals surface area contributed by atoms with Gasteiger partial charge in [0.1, 0.15) is 11.6 Å². The molecule has 0 unspecified atom stereocenters. The fraction of sp³-hybridized carbons (Fsp3) is 0.250. The van der Waals surface area contributed by atoms with Crippen LogP contribution in [-0.2, 0) is 9.59 Å². The molecule has 1 aromatic carbocycles. The van der Waals surface area contributed by atoms with E-state index in [1.807, 2.05) is 6.92 Å². The molecule has 0 saturated carbocycles. The van der Waals surface area contributed by atoms with Crippen LogP contribution in [-0.4, -0.2) is 18.4 Å². The zero-order chi connectivity index (χ0) is 16.1. The maximum Gasteiger partial charge on any atom is 0.251 e. The van der Waals surface area contributed by atoms with Gasteiger partial charge in [-0.3, -0.25) is 9.59 Å². The highest BCUT2D eigenvalue weighted by Crippen LogP contribution is 2.14. The number of hydrogen-bond donors (Lipinski definition) is 3. The molecule has 3 N–H and O–H groups in total. The highest BCUT2D eigenvalue weighted by Gasteiger charge is 2.15. The van der Waals surface area contributed by atoms with Crippen LogP contribution in [0.1, 0.15) is 25.5 Å². The van der Waals surface area contributed by atoms with Crippen LogP contribution in [0.5, 0.6) is 0 Å². The molecule has 2 amide bonds. The van der Waals surface area contributed by atoms with Crippen molar-refractivity contribution in [3.05, 3.63) is 59.2 Å². The van der Waals surface area contributed by atoms with E-state index in [0.29, 0.717) is 17.9 Å². The van der Waals surface area contributed by atoms with Crippen LogP contribution < -0.4 is 16.0 Å². The summed E-state index contributed by atoms with van der Waals surface area (Å²) in [7, 11) is 0. The number of dihydropyridines is 1. The minimum Gasteiger partial charge on any atom is -0.368 e. The third-order valence-electron chi connectivity index (χ3n) is 3.20. The molecule has 0 aromatic heterocycles. The van der Waals surface area contributed by atoms with E-state index >= 15 is 0 Å². The molecule has 0 saturated heterocycles. The third-order valence-corrected chi connectivity index (χ3v) is 3.20. The van der Waals surface area contributed by atoms with Crippen molar-refractivity contribution in [1.29, 1.82) is 0 Å². The van der Waals surface area contributed by atoms with Crippen molar-refractivity contribution in [3.8, 4) is 0 Å². The van der Waals surface area contributed by atoms with Gasteiger partial charge >= 0.3 is 0 Å². The number of rotatable bonds is 4. The number of carbonyl (C=O) groups excluding carboxylic acids is 2. The van der Waals surface area contributed by atoms with Crippen LogP contribution >= 0.6 is 0 Å². The molecular formula is C16H18FN3O2. The van der Waals surface area contributed by atoms with Crippen molar-refractivity contribution in [2.75, 3.05) is 6.54 Å². The van der Waals surface area contributed by atoms with Gasteiger partial charge in [0.05, 0.1) is 6.04 Å². The smallest absolute Gasteiger partial charge is 0.251 e. The van der Waals surface area contributed by atoms with Crippen molar-refractivity contribution in [3.63, 3.8) is 0 Å². The Kier molecular flexibility index (Phi) is 4.93. The van der Waals surface area contributed by atoms with Gasteiger partial charge in [0.2, 0.25) is 5.91 Å². The maximum atomic E-state index is 12.9. The first kappa shape index (κ1) is 15.8. The fourth-order valence-corrected chi connectivity index (χ4v) is 2.08. The Bertz CT molecular complexity index is 635. The molecule has 2 rings (SSSR count). The van der Waals surface area contributed by atoms with Gasteiger partial charge in [-0.15, -0.1) is 0 Å². The van der Waals surface area contributed by atoms with Crippen LogP contribution in [0, 0.1) is 5.82 Å². The quantitative estimate of drug-likeness (QED) is 0.789. The summed E-state index contributed by atoms with van der Waals surface area (Å²) in [4.78, 5) is 23.3. The molecule has 1 atom stereocenters. The summed E-state index contributed by atoms with van der Waals surface area (Å²) >= 11 is 0. The highest BCUT2D eigenvalue weighted by molar-refractivity contribution is 5.97. The number of benzene rings is 1. The minimum absolute atomic E-state index is 0.208. The molecule has 22 heavy (non-hydrogen) atoms. The van der Waals surface area contributed by atoms with E-state index in [9.17, 15) is 14.0 Å². The Morgan fingerprint density at radius 1 is 1.27 bits per heavy atom. The highest BCUT2D eigenvalue weighted by atomic mass is 19.1. The Balaban J connectivity index is 2.02. The fourth-order valence-electron chi connectivity index (χ4n) is 2.08. The summed E-state index contributed by atoms with van der Waals surface area (Å²) in [5.74, 6) is -0.276. The summed E-state index contributed by atoms with van der Waals surface area (Å²) in [6.07, 6.45) is 3.32. The second-order valence-corrected chi connectivity index (χ2v) is 5.03. The molecule has 0 spiro atoms. The van der Waals surface area contributed by atoms with E-state index in [4.69, 9.17) is 0 Å². The molecule has 6 heteroatoms. The van der Waals surface area contributed by atoms with Crippen LogP contribution in [0.2, 0.25) is 0 Å². The molecule has 5 nitrogen and oxygen atoms in total. The van der Waals surface area contributed by atoms with Crippen LogP contribution in [0.4, 0.5) is 4.39 Å². The maximum absolute atomic E-state index is 12.9. The van der Waals surface area contributed by atoms with Gasteiger partial charge in [-0.25, -0.2) is 4.39 Å². The first-order chi connectivity index (χ1) is 10.5. The zero-order valence-corrected chi connectivity index (χ0v) is 12.4. The van der Waals surface area contributed by atoms with Gasteiger partial charge < -0.3 is 16.0 Å². The molecule has 1 aromatic rings. The number of carbonyl (C=O) groups is 2. The lowest BCUT2D eigenvalue weighted by Crippen LogP contribution is -2.35. The van der Waals surface area contributed by atoms with Crippen LogP contribution in [0.3, 0.4) is 0 Å². The van der Waals surface area contributed by atoms with Gasteiger partial charge in [0.15, 0.2) is 0 Å². The Labute approximate surface area is 128 Å². The SMILES string of the molecule is CC(=O)NC1=CC(C(=O)N[C@H](C)c2ccc(F)cc2)=CCN1. The number of nitrogens with one attached hydrogen (secondary N) is 3. The summed E-state index contributed by atoms with van der Waals surface area (Å²) in [5.41, 5.74) is 1.28. The molecule has 0 radical (unpaired) electrons. The topological polar surface area (TPSA) is 70.2 Å². The van der Waals surface area contributed by atoms with Gasteiger partial charge in [0.25, 0.3) is 5.91 Å². The molecule has 1 heterocycles. The van der Waals surface area contributed by atoms with E-state index in [0.717, 1.165) is 5.56 Å². The number of hydrogen-bond acceptors (Lipinski definition) is 3. The van der Waals surface area contributed by atoms with Gasteiger partial charge in [-0.1, -0.05) is 18.2 Å². The minimum atomic E-state index is -0.314. The molecule has 0 bridgehead atoms. The van der Waals surface area contributed by atoms with E-state index in [1.165, 1.54) is 19.1 Å². The second-order valence-electron chi connectivity index (χ2n) is 5.03. The first-order valence-electron chi connectivity index (χ1n) is 6.95. The average Bonchev–Trinajstić information content (AvgIpc) is 2.47. The van der Waals surface area contributed by atoms with Gasteiger partial charge in [-0.05, 0) is 30.7 Å². The zero-order valence-electron chi connectivity index (χ0n) is 12.4. The number of halogens is 1. The Hall–Kier alpha value is -2.63. The third kappa shape index (κ3) is 4.18. The molecule has 116 valence electrons. The summed E-state index contributed by atoms with van der Waals surface area (Å²) < 4.78 is 12.9. The van der Waals surface area contributed by atoms with E-state index < -0.39 is 0 Å². The number of amides is 2. The molecule has 0 fully saturated rings. The van der Waals surface area contributed by atoms with Gasteiger partial charge in [-0.2, -0.15) is 0 Å². The van der Waals surface area contributed by atoms with Gasteiger partial charge in [0, 0.05) is 19.0 Å². The lowest BCUT2D eigenvalue weighted by Gasteiger charge is -2.18. The standard InChI is InChI=1S/C16H18FN3O2/c1-10(12-3-5-14(17)6-4-12)19-16(22)13-7-8-18-15(9-13)20-11(2)21/h3-7,9-10,18H,8H2,1-2H3,(H,19,22)(H,20,21)/t10-/m1/s1. The monoisotopic (exact) mass is 303 g/mol. The molecule has 1 aliphatic rings. The van der Waals surface area contributed by atoms with E-state index in [-0.39, 0.29) is 23.7 Å². The molecule has 1 aliphatic heterocycles. The summed E-state index contributed by atoms with van der Waals surface area (Å²) in [6, 6.07) is 5.74. The average molecular weight is 303 g/mol. The lowest BCUT2D eigenvalue weighted by molar-refractivity contribution is -0.119. The summed E-state index contributed by atoms with van der Waals surface area (Å²) in [5, 5.41) is 8.41. The predicted octanol–water partition coefficient (Wildman–Crippen LogP) is 1.51. The predicted molar refractivity (Wildman–Crippen MR) is 80.9 cm³/mol. The van der Waals surface area contributed by atoms with Crippen LogP contribution in [0.25, 0.3) is 0 Å². The van der Waals surface area contributed by atoms with Crippen molar-refractivity contribution in [2.24, 2.45) is 0 Å². The normalized spacial score (nSPS) is 15.0. The largest absolute Gasteiger partial charge is 0.368 e. The first-order valence-corrected chi connectivity index (χ1v) is 6.95. The van der Waals surface area contributed by atoms with E-state index in [2.05, 4.69) is 16.0 Å². The lowest BCUT2D eigenvalue weighted by atomic mass is 10.1.